The largest absolute Gasteiger partial charge is 0.369 e. The van der Waals surface area contributed by atoms with Crippen molar-refractivity contribution in [3.8, 4) is 0 Å². The fourth-order valence-electron chi connectivity index (χ4n) is 1.53. The van der Waals surface area contributed by atoms with Crippen LogP contribution in [0.4, 0.5) is 5.69 Å². The number of aromatic nitrogens is 1. The third kappa shape index (κ3) is 1.96. The molecule has 0 saturated carbocycles. The van der Waals surface area contributed by atoms with Gasteiger partial charge in [-0.1, -0.05) is 0 Å². The Morgan fingerprint density at radius 3 is 2.31 bits per heavy atom. The SMILES string of the molecule is NN1CCN(c2ccncc2)CC1. The summed E-state index contributed by atoms with van der Waals surface area (Å²) < 4.78 is 0. The van der Waals surface area contributed by atoms with Crippen LogP contribution in [0.3, 0.4) is 0 Å². The predicted molar refractivity (Wildman–Crippen MR) is 52.2 cm³/mol. The summed E-state index contributed by atoms with van der Waals surface area (Å²) in [5.74, 6) is 5.67. The van der Waals surface area contributed by atoms with Gasteiger partial charge >= 0.3 is 0 Å². The quantitative estimate of drug-likeness (QED) is 0.618. The average molecular weight is 178 g/mol. The van der Waals surface area contributed by atoms with Gasteiger partial charge in [0.05, 0.1) is 0 Å². The molecule has 0 aromatic carbocycles. The smallest absolute Gasteiger partial charge is 0.0397 e. The summed E-state index contributed by atoms with van der Waals surface area (Å²) in [6, 6.07) is 4.07. The number of hydrogen-bond acceptors (Lipinski definition) is 4. The Balaban J connectivity index is 2.03. The van der Waals surface area contributed by atoms with Crippen LogP contribution in [0.2, 0.25) is 0 Å². The van der Waals surface area contributed by atoms with Crippen LogP contribution >= 0.6 is 0 Å². The number of nitrogens with zero attached hydrogens (tertiary/aromatic N) is 3. The van der Waals surface area contributed by atoms with Crippen LogP contribution in [0, 0.1) is 0 Å². The zero-order chi connectivity index (χ0) is 9.10. The van der Waals surface area contributed by atoms with Crippen molar-refractivity contribution in [3.63, 3.8) is 0 Å². The van der Waals surface area contributed by atoms with E-state index in [9.17, 15) is 0 Å². The number of hydrogen-bond donors (Lipinski definition) is 1. The summed E-state index contributed by atoms with van der Waals surface area (Å²) in [4.78, 5) is 6.32. The summed E-state index contributed by atoms with van der Waals surface area (Å²) in [5, 5.41) is 1.86. The van der Waals surface area contributed by atoms with Crippen LogP contribution in [0.25, 0.3) is 0 Å². The second-order valence-corrected chi connectivity index (χ2v) is 3.23. The molecule has 13 heavy (non-hydrogen) atoms. The van der Waals surface area contributed by atoms with E-state index in [1.807, 2.05) is 29.5 Å². The van der Waals surface area contributed by atoms with Crippen molar-refractivity contribution in [1.29, 1.82) is 0 Å². The lowest BCUT2D eigenvalue weighted by molar-refractivity contribution is 0.266. The first-order valence-corrected chi connectivity index (χ1v) is 4.51. The number of piperazine rings is 1. The molecule has 2 N–H and O–H groups in total. The molecule has 1 aromatic heterocycles. The van der Waals surface area contributed by atoms with Gasteiger partial charge in [0.25, 0.3) is 0 Å². The molecule has 0 bridgehead atoms. The molecule has 1 aliphatic heterocycles. The average Bonchev–Trinajstić information content (AvgIpc) is 2.20. The Bertz CT molecular complexity index is 254. The number of anilines is 1. The molecule has 1 fully saturated rings. The maximum absolute atomic E-state index is 5.67. The minimum Gasteiger partial charge on any atom is -0.369 e. The van der Waals surface area contributed by atoms with Crippen molar-refractivity contribution in [2.24, 2.45) is 5.84 Å². The van der Waals surface area contributed by atoms with Gasteiger partial charge in [0.15, 0.2) is 0 Å². The standard InChI is InChI=1S/C9H14N4/c10-13-7-5-12(6-8-13)9-1-3-11-4-2-9/h1-4H,5-8,10H2. The highest BCUT2D eigenvalue weighted by Crippen LogP contribution is 2.13. The lowest BCUT2D eigenvalue weighted by atomic mass is 10.3. The lowest BCUT2D eigenvalue weighted by Gasteiger charge is -2.33. The summed E-state index contributed by atoms with van der Waals surface area (Å²) in [6.07, 6.45) is 3.65. The summed E-state index contributed by atoms with van der Waals surface area (Å²) in [5.41, 5.74) is 1.24. The van der Waals surface area contributed by atoms with Crippen LogP contribution in [-0.4, -0.2) is 36.2 Å². The van der Waals surface area contributed by atoms with Gasteiger partial charge in [-0.15, -0.1) is 0 Å². The van der Waals surface area contributed by atoms with E-state index in [0.29, 0.717) is 0 Å². The molecule has 70 valence electrons. The van der Waals surface area contributed by atoms with E-state index >= 15 is 0 Å². The normalized spacial score (nSPS) is 19.0. The van der Waals surface area contributed by atoms with E-state index < -0.39 is 0 Å². The first-order valence-electron chi connectivity index (χ1n) is 4.51. The Morgan fingerprint density at radius 1 is 1.08 bits per heavy atom. The summed E-state index contributed by atoms with van der Waals surface area (Å²) >= 11 is 0. The monoisotopic (exact) mass is 178 g/mol. The minimum absolute atomic E-state index is 0.933. The van der Waals surface area contributed by atoms with Gasteiger partial charge in [0, 0.05) is 44.3 Å². The Kier molecular flexibility index (Phi) is 2.42. The molecule has 0 radical (unpaired) electrons. The Hall–Kier alpha value is -1.13. The van der Waals surface area contributed by atoms with Crippen LogP contribution in [0.1, 0.15) is 0 Å². The zero-order valence-electron chi connectivity index (χ0n) is 7.56. The van der Waals surface area contributed by atoms with Gasteiger partial charge in [0.2, 0.25) is 0 Å². The second kappa shape index (κ2) is 3.72. The number of nitrogens with two attached hydrogens (primary N) is 1. The van der Waals surface area contributed by atoms with E-state index in [-0.39, 0.29) is 0 Å². The van der Waals surface area contributed by atoms with Gasteiger partial charge in [-0.2, -0.15) is 0 Å². The highest BCUT2D eigenvalue weighted by atomic mass is 15.4. The third-order valence-electron chi connectivity index (χ3n) is 2.34. The molecule has 0 unspecified atom stereocenters. The van der Waals surface area contributed by atoms with E-state index in [1.165, 1.54) is 5.69 Å². The second-order valence-electron chi connectivity index (χ2n) is 3.23. The lowest BCUT2D eigenvalue weighted by Crippen LogP contribution is -2.49. The highest BCUT2D eigenvalue weighted by molar-refractivity contribution is 5.44. The molecule has 2 rings (SSSR count). The van der Waals surface area contributed by atoms with Crippen molar-refractivity contribution in [1.82, 2.24) is 9.99 Å². The fraction of sp³-hybridized carbons (Fsp3) is 0.444. The fourth-order valence-corrected chi connectivity index (χ4v) is 1.53. The molecule has 1 aliphatic rings. The zero-order valence-corrected chi connectivity index (χ0v) is 7.56. The molecule has 0 amide bonds. The van der Waals surface area contributed by atoms with Crippen LogP contribution in [0.5, 0.6) is 0 Å². The van der Waals surface area contributed by atoms with E-state index in [0.717, 1.165) is 26.2 Å². The van der Waals surface area contributed by atoms with Crippen molar-refractivity contribution in [3.05, 3.63) is 24.5 Å². The van der Waals surface area contributed by atoms with E-state index in [4.69, 9.17) is 5.84 Å². The highest BCUT2D eigenvalue weighted by Gasteiger charge is 2.13. The van der Waals surface area contributed by atoms with E-state index in [1.54, 1.807) is 0 Å². The van der Waals surface area contributed by atoms with Crippen molar-refractivity contribution < 1.29 is 0 Å². The first kappa shape index (κ1) is 8.47. The molecule has 0 aliphatic carbocycles. The van der Waals surface area contributed by atoms with Crippen LogP contribution < -0.4 is 10.7 Å². The topological polar surface area (TPSA) is 45.4 Å². The predicted octanol–water partition coefficient (Wildman–Crippen LogP) is 0.0773. The van der Waals surface area contributed by atoms with Gasteiger partial charge in [-0.25, -0.2) is 5.01 Å². The maximum atomic E-state index is 5.67. The summed E-state index contributed by atoms with van der Waals surface area (Å²) in [7, 11) is 0. The Labute approximate surface area is 77.9 Å². The van der Waals surface area contributed by atoms with Crippen molar-refractivity contribution >= 4 is 5.69 Å². The number of hydrazine groups is 1. The van der Waals surface area contributed by atoms with Crippen molar-refractivity contribution in [2.75, 3.05) is 31.1 Å². The molecule has 1 saturated heterocycles. The van der Waals surface area contributed by atoms with Crippen LogP contribution in [-0.2, 0) is 0 Å². The first-order chi connectivity index (χ1) is 6.36. The molecule has 4 nitrogen and oxygen atoms in total. The molecular weight excluding hydrogens is 164 g/mol. The van der Waals surface area contributed by atoms with Crippen molar-refractivity contribution in [2.45, 2.75) is 0 Å². The van der Waals surface area contributed by atoms with Gasteiger partial charge < -0.3 is 4.90 Å². The van der Waals surface area contributed by atoms with Gasteiger partial charge in [-0.05, 0) is 12.1 Å². The molecule has 4 heteroatoms. The number of rotatable bonds is 1. The molecule has 0 spiro atoms. The molecule has 2 heterocycles. The van der Waals surface area contributed by atoms with Gasteiger partial charge in [0.1, 0.15) is 0 Å². The van der Waals surface area contributed by atoms with E-state index in [2.05, 4.69) is 9.88 Å². The Morgan fingerprint density at radius 2 is 1.69 bits per heavy atom. The minimum atomic E-state index is 0.933. The molecule has 1 aromatic rings. The summed E-state index contributed by atoms with van der Waals surface area (Å²) in [6.45, 7) is 3.87. The molecular formula is C9H14N4. The number of pyridine rings is 1. The maximum Gasteiger partial charge on any atom is 0.0397 e. The van der Waals surface area contributed by atoms with Crippen LogP contribution in [0.15, 0.2) is 24.5 Å². The molecule has 0 atom stereocenters. The van der Waals surface area contributed by atoms with Gasteiger partial charge in [-0.3, -0.25) is 10.8 Å². The third-order valence-corrected chi connectivity index (χ3v) is 2.34.